The molecule has 0 aromatic heterocycles. The van der Waals surface area contributed by atoms with E-state index in [0.29, 0.717) is 12.1 Å². The van der Waals surface area contributed by atoms with Gasteiger partial charge in [-0.3, -0.25) is 0 Å². The fraction of sp³-hybridized carbons (Fsp3) is 0.600. The molecule has 17 heavy (non-hydrogen) atoms. The van der Waals surface area contributed by atoms with E-state index in [2.05, 4.69) is 50.2 Å². The van der Waals surface area contributed by atoms with Crippen LogP contribution < -0.4 is 4.74 Å². The Morgan fingerprint density at radius 3 is 2.71 bits per heavy atom. The first-order chi connectivity index (χ1) is 8.19. The van der Waals surface area contributed by atoms with Crippen LogP contribution in [0.5, 0.6) is 5.75 Å². The summed E-state index contributed by atoms with van der Waals surface area (Å²) in [6, 6.07) is 9.25. The van der Waals surface area contributed by atoms with Gasteiger partial charge in [-0.1, -0.05) is 25.5 Å². The monoisotopic (exact) mass is 233 g/mol. The molecule has 0 saturated heterocycles. The molecule has 0 heterocycles. The molecule has 2 nitrogen and oxygen atoms in total. The van der Waals surface area contributed by atoms with E-state index >= 15 is 0 Å². The standard InChI is InChI=1S/C15H23NO/c1-4-6-12-7-5-8-14(9-12)17-15-10-13(11-15)16(2)3/h5,7-9,13,15H,4,6,10-11H2,1-3H3/t13-,15+. The topological polar surface area (TPSA) is 12.5 Å². The molecular formula is C15H23NO. The lowest BCUT2D eigenvalue weighted by atomic mass is 9.88. The molecule has 1 aliphatic rings. The fourth-order valence-corrected chi connectivity index (χ4v) is 2.31. The van der Waals surface area contributed by atoms with Crippen LogP contribution in [0.15, 0.2) is 24.3 Å². The highest BCUT2D eigenvalue weighted by molar-refractivity contribution is 5.29. The summed E-state index contributed by atoms with van der Waals surface area (Å²) in [7, 11) is 4.28. The predicted octanol–water partition coefficient (Wildman–Crippen LogP) is 3.11. The molecule has 0 atom stereocenters. The molecular weight excluding hydrogens is 210 g/mol. The van der Waals surface area contributed by atoms with Crippen LogP contribution in [0.4, 0.5) is 0 Å². The molecule has 0 aliphatic heterocycles. The van der Waals surface area contributed by atoms with Crippen LogP contribution in [0.2, 0.25) is 0 Å². The van der Waals surface area contributed by atoms with Gasteiger partial charge >= 0.3 is 0 Å². The van der Waals surface area contributed by atoms with Crippen molar-refractivity contribution in [2.75, 3.05) is 14.1 Å². The predicted molar refractivity (Wildman–Crippen MR) is 71.6 cm³/mol. The lowest BCUT2D eigenvalue weighted by Gasteiger charge is -2.39. The summed E-state index contributed by atoms with van der Waals surface area (Å²) in [6.45, 7) is 2.21. The van der Waals surface area contributed by atoms with Crippen LogP contribution in [0, 0.1) is 0 Å². The minimum atomic E-state index is 0.416. The van der Waals surface area contributed by atoms with Crippen LogP contribution in [0.1, 0.15) is 31.7 Å². The molecule has 1 aromatic carbocycles. The van der Waals surface area contributed by atoms with Gasteiger partial charge in [-0.25, -0.2) is 0 Å². The lowest BCUT2D eigenvalue weighted by molar-refractivity contribution is 0.0400. The quantitative estimate of drug-likeness (QED) is 0.775. The average molecular weight is 233 g/mol. The minimum Gasteiger partial charge on any atom is -0.490 e. The average Bonchev–Trinajstić information content (AvgIpc) is 2.23. The third-order valence-electron chi connectivity index (χ3n) is 3.54. The molecule has 0 N–H and O–H groups in total. The summed E-state index contributed by atoms with van der Waals surface area (Å²) in [5.41, 5.74) is 1.38. The number of hydrogen-bond donors (Lipinski definition) is 0. The second kappa shape index (κ2) is 5.54. The zero-order valence-electron chi connectivity index (χ0n) is 11.1. The normalized spacial score (nSPS) is 23.5. The number of aryl methyl sites for hydroxylation is 1. The van der Waals surface area contributed by atoms with Crippen LogP contribution in [-0.2, 0) is 6.42 Å². The highest BCUT2D eigenvalue weighted by atomic mass is 16.5. The third-order valence-corrected chi connectivity index (χ3v) is 3.54. The Kier molecular flexibility index (Phi) is 4.06. The summed E-state index contributed by atoms with van der Waals surface area (Å²) in [4.78, 5) is 2.29. The lowest BCUT2D eigenvalue weighted by Crippen LogP contribution is -2.46. The van der Waals surface area contributed by atoms with Gasteiger partial charge in [0, 0.05) is 6.04 Å². The van der Waals surface area contributed by atoms with Gasteiger partial charge in [0.2, 0.25) is 0 Å². The van der Waals surface area contributed by atoms with E-state index in [-0.39, 0.29) is 0 Å². The highest BCUT2D eigenvalue weighted by Gasteiger charge is 2.32. The van der Waals surface area contributed by atoms with Gasteiger partial charge < -0.3 is 9.64 Å². The Morgan fingerprint density at radius 1 is 1.29 bits per heavy atom. The van der Waals surface area contributed by atoms with E-state index < -0.39 is 0 Å². The minimum absolute atomic E-state index is 0.416. The zero-order valence-corrected chi connectivity index (χ0v) is 11.1. The molecule has 2 rings (SSSR count). The molecule has 1 saturated carbocycles. The molecule has 2 heteroatoms. The Bertz CT molecular complexity index is 356. The largest absolute Gasteiger partial charge is 0.490 e. The van der Waals surface area contributed by atoms with Gasteiger partial charge in [0.1, 0.15) is 11.9 Å². The van der Waals surface area contributed by atoms with Gasteiger partial charge in [-0.05, 0) is 51.1 Å². The number of ether oxygens (including phenoxy) is 1. The Balaban J connectivity index is 1.85. The molecule has 0 unspecified atom stereocenters. The van der Waals surface area contributed by atoms with Gasteiger partial charge in [0.25, 0.3) is 0 Å². The maximum absolute atomic E-state index is 5.99. The van der Waals surface area contributed by atoms with E-state index in [1.165, 1.54) is 12.0 Å². The first-order valence-corrected chi connectivity index (χ1v) is 6.61. The number of rotatable bonds is 5. The van der Waals surface area contributed by atoms with Gasteiger partial charge in [0.05, 0.1) is 0 Å². The van der Waals surface area contributed by atoms with Gasteiger partial charge in [-0.15, -0.1) is 0 Å². The van der Waals surface area contributed by atoms with Crippen molar-refractivity contribution >= 4 is 0 Å². The van der Waals surface area contributed by atoms with Crippen molar-refractivity contribution in [2.45, 2.75) is 44.8 Å². The molecule has 0 amide bonds. The van der Waals surface area contributed by atoms with Crippen molar-refractivity contribution < 1.29 is 4.74 Å². The van der Waals surface area contributed by atoms with Gasteiger partial charge in [-0.2, -0.15) is 0 Å². The molecule has 1 fully saturated rings. The van der Waals surface area contributed by atoms with Crippen molar-refractivity contribution in [1.82, 2.24) is 4.90 Å². The number of benzene rings is 1. The SMILES string of the molecule is CCCc1cccc(O[C@H]2C[C@@H](N(C)C)C2)c1. The van der Waals surface area contributed by atoms with E-state index in [4.69, 9.17) is 4.74 Å². The van der Waals surface area contributed by atoms with Gasteiger partial charge in [0.15, 0.2) is 0 Å². The smallest absolute Gasteiger partial charge is 0.119 e. The summed E-state index contributed by atoms with van der Waals surface area (Å²) in [5, 5.41) is 0. The molecule has 0 radical (unpaired) electrons. The summed E-state index contributed by atoms with van der Waals surface area (Å²) in [6.07, 6.45) is 5.06. The van der Waals surface area contributed by atoms with Crippen molar-refractivity contribution in [3.63, 3.8) is 0 Å². The van der Waals surface area contributed by atoms with E-state index in [1.54, 1.807) is 0 Å². The molecule has 1 aliphatic carbocycles. The molecule has 94 valence electrons. The summed E-state index contributed by atoms with van der Waals surface area (Å²) < 4.78 is 5.99. The first kappa shape index (κ1) is 12.4. The van der Waals surface area contributed by atoms with Crippen LogP contribution >= 0.6 is 0 Å². The second-order valence-electron chi connectivity index (χ2n) is 5.23. The van der Waals surface area contributed by atoms with Crippen LogP contribution in [0.3, 0.4) is 0 Å². The van der Waals surface area contributed by atoms with Crippen molar-refractivity contribution in [2.24, 2.45) is 0 Å². The third kappa shape index (κ3) is 3.22. The van der Waals surface area contributed by atoms with E-state index in [9.17, 15) is 0 Å². The Morgan fingerprint density at radius 2 is 2.06 bits per heavy atom. The van der Waals surface area contributed by atoms with E-state index in [1.807, 2.05) is 0 Å². The van der Waals surface area contributed by atoms with Crippen molar-refractivity contribution in [1.29, 1.82) is 0 Å². The Labute approximate surface area is 105 Å². The van der Waals surface area contributed by atoms with E-state index in [0.717, 1.165) is 25.0 Å². The molecule has 0 bridgehead atoms. The molecule has 0 spiro atoms. The van der Waals surface area contributed by atoms with Crippen molar-refractivity contribution in [3.8, 4) is 5.75 Å². The van der Waals surface area contributed by atoms with Crippen molar-refractivity contribution in [3.05, 3.63) is 29.8 Å². The maximum Gasteiger partial charge on any atom is 0.119 e. The number of nitrogens with zero attached hydrogens (tertiary/aromatic N) is 1. The summed E-state index contributed by atoms with van der Waals surface area (Å²) >= 11 is 0. The number of hydrogen-bond acceptors (Lipinski definition) is 2. The second-order valence-corrected chi connectivity index (χ2v) is 5.23. The first-order valence-electron chi connectivity index (χ1n) is 6.61. The molecule has 1 aromatic rings. The van der Waals surface area contributed by atoms with Crippen LogP contribution in [-0.4, -0.2) is 31.1 Å². The maximum atomic E-state index is 5.99. The fourth-order valence-electron chi connectivity index (χ4n) is 2.31. The highest BCUT2D eigenvalue weighted by Crippen LogP contribution is 2.28. The Hall–Kier alpha value is -1.02. The summed E-state index contributed by atoms with van der Waals surface area (Å²) in [5.74, 6) is 1.04. The zero-order chi connectivity index (χ0) is 12.3. The van der Waals surface area contributed by atoms with Crippen LogP contribution in [0.25, 0.3) is 0 Å².